The standard InChI is InChI=1S/C13H23N5O/c1-9(2)12-15-10(8-11(16-12)18-14)17-13(3)4-6-19-7-5-13/h8-9H,4-7,14H2,1-3H3,(H2,15,16,17,18). The maximum absolute atomic E-state index is 5.47. The quantitative estimate of drug-likeness (QED) is 0.569. The zero-order valence-corrected chi connectivity index (χ0v) is 11.9. The van der Waals surface area contributed by atoms with Gasteiger partial charge in [-0.2, -0.15) is 0 Å². The fourth-order valence-corrected chi connectivity index (χ4v) is 2.12. The zero-order valence-electron chi connectivity index (χ0n) is 11.9. The summed E-state index contributed by atoms with van der Waals surface area (Å²) >= 11 is 0. The summed E-state index contributed by atoms with van der Waals surface area (Å²) in [7, 11) is 0. The SMILES string of the molecule is CC(C)c1nc(NN)cc(NC2(C)CCOCC2)n1. The summed E-state index contributed by atoms with van der Waals surface area (Å²) in [6, 6.07) is 1.84. The van der Waals surface area contributed by atoms with Gasteiger partial charge in [0.25, 0.3) is 0 Å². The van der Waals surface area contributed by atoms with E-state index in [0.717, 1.165) is 37.7 Å². The first-order chi connectivity index (χ1) is 9.02. The van der Waals surface area contributed by atoms with Gasteiger partial charge in [0.2, 0.25) is 0 Å². The Kier molecular flexibility index (Phi) is 4.21. The lowest BCUT2D eigenvalue weighted by atomic mass is 9.92. The van der Waals surface area contributed by atoms with Crippen LogP contribution in [-0.2, 0) is 4.74 Å². The molecule has 0 aliphatic carbocycles. The summed E-state index contributed by atoms with van der Waals surface area (Å²) in [5, 5.41) is 3.50. The topological polar surface area (TPSA) is 85.1 Å². The van der Waals surface area contributed by atoms with Crippen molar-refractivity contribution < 1.29 is 4.74 Å². The molecule has 0 bridgehead atoms. The van der Waals surface area contributed by atoms with Crippen molar-refractivity contribution in [2.24, 2.45) is 5.84 Å². The molecule has 0 unspecified atom stereocenters. The number of nitrogens with one attached hydrogen (secondary N) is 2. The van der Waals surface area contributed by atoms with Crippen LogP contribution in [0.1, 0.15) is 45.4 Å². The van der Waals surface area contributed by atoms with Crippen molar-refractivity contribution in [3.63, 3.8) is 0 Å². The van der Waals surface area contributed by atoms with Crippen LogP contribution in [0, 0.1) is 0 Å². The largest absolute Gasteiger partial charge is 0.381 e. The van der Waals surface area contributed by atoms with E-state index in [1.807, 2.05) is 6.07 Å². The molecule has 1 aliphatic heterocycles. The van der Waals surface area contributed by atoms with E-state index in [2.05, 4.69) is 41.5 Å². The first kappa shape index (κ1) is 14.0. The average molecular weight is 265 g/mol. The summed E-state index contributed by atoms with van der Waals surface area (Å²) in [6.07, 6.45) is 1.94. The van der Waals surface area contributed by atoms with Gasteiger partial charge in [0.15, 0.2) is 0 Å². The molecule has 0 spiro atoms. The van der Waals surface area contributed by atoms with Gasteiger partial charge in [0, 0.05) is 30.7 Å². The molecule has 0 amide bonds. The van der Waals surface area contributed by atoms with Gasteiger partial charge >= 0.3 is 0 Å². The number of aromatic nitrogens is 2. The van der Waals surface area contributed by atoms with Gasteiger partial charge in [0.05, 0.1) is 0 Å². The molecule has 0 saturated carbocycles. The highest BCUT2D eigenvalue weighted by molar-refractivity contribution is 5.48. The third-order valence-corrected chi connectivity index (χ3v) is 3.43. The monoisotopic (exact) mass is 265 g/mol. The second-order valence-electron chi connectivity index (χ2n) is 5.59. The molecule has 1 saturated heterocycles. The van der Waals surface area contributed by atoms with Crippen LogP contribution >= 0.6 is 0 Å². The van der Waals surface area contributed by atoms with Crippen molar-refractivity contribution in [3.8, 4) is 0 Å². The molecule has 106 valence electrons. The number of nitrogen functional groups attached to an aromatic ring is 1. The number of anilines is 2. The lowest BCUT2D eigenvalue weighted by Crippen LogP contribution is -2.41. The summed E-state index contributed by atoms with van der Waals surface area (Å²) in [5.74, 6) is 7.96. The summed E-state index contributed by atoms with van der Waals surface area (Å²) in [6.45, 7) is 7.90. The van der Waals surface area contributed by atoms with Crippen LogP contribution in [0.15, 0.2) is 6.07 Å². The van der Waals surface area contributed by atoms with Crippen LogP contribution < -0.4 is 16.6 Å². The number of ether oxygens (including phenoxy) is 1. The molecular formula is C13H23N5O. The molecule has 0 atom stereocenters. The van der Waals surface area contributed by atoms with Gasteiger partial charge in [-0.15, -0.1) is 0 Å². The van der Waals surface area contributed by atoms with Crippen LogP contribution in [0.5, 0.6) is 0 Å². The molecule has 6 nitrogen and oxygen atoms in total. The van der Waals surface area contributed by atoms with E-state index >= 15 is 0 Å². The Morgan fingerprint density at radius 2 is 1.89 bits per heavy atom. The molecule has 6 heteroatoms. The van der Waals surface area contributed by atoms with E-state index in [1.54, 1.807) is 0 Å². The summed E-state index contributed by atoms with van der Waals surface area (Å²) in [5.41, 5.74) is 2.62. The molecule has 1 aliphatic rings. The van der Waals surface area contributed by atoms with Crippen LogP contribution in [0.3, 0.4) is 0 Å². The number of hydrazine groups is 1. The molecule has 4 N–H and O–H groups in total. The Hall–Kier alpha value is -1.40. The number of hydrogen-bond donors (Lipinski definition) is 3. The maximum atomic E-state index is 5.47. The second-order valence-corrected chi connectivity index (χ2v) is 5.59. The predicted molar refractivity (Wildman–Crippen MR) is 76.0 cm³/mol. The Bertz CT molecular complexity index is 429. The Morgan fingerprint density at radius 3 is 2.47 bits per heavy atom. The molecular weight excluding hydrogens is 242 g/mol. The first-order valence-corrected chi connectivity index (χ1v) is 6.74. The highest BCUT2D eigenvalue weighted by Crippen LogP contribution is 2.26. The van der Waals surface area contributed by atoms with Gasteiger partial charge in [-0.25, -0.2) is 15.8 Å². The van der Waals surface area contributed by atoms with Crippen molar-refractivity contribution in [3.05, 3.63) is 11.9 Å². The van der Waals surface area contributed by atoms with E-state index in [1.165, 1.54) is 0 Å². The minimum Gasteiger partial charge on any atom is -0.381 e. The minimum atomic E-state index is 0.0206. The van der Waals surface area contributed by atoms with Crippen LogP contribution in [0.25, 0.3) is 0 Å². The van der Waals surface area contributed by atoms with Gasteiger partial charge in [-0.1, -0.05) is 13.8 Å². The van der Waals surface area contributed by atoms with Crippen molar-refractivity contribution in [2.75, 3.05) is 24.0 Å². The normalized spacial score (nSPS) is 18.4. The molecule has 1 aromatic rings. The first-order valence-electron chi connectivity index (χ1n) is 6.74. The zero-order chi connectivity index (χ0) is 13.9. The third kappa shape index (κ3) is 3.54. The van der Waals surface area contributed by atoms with Crippen molar-refractivity contribution in [2.45, 2.75) is 45.1 Å². The van der Waals surface area contributed by atoms with Crippen LogP contribution in [-0.4, -0.2) is 28.7 Å². The Labute approximate surface area is 114 Å². The number of nitrogens with zero attached hydrogens (tertiary/aromatic N) is 2. The molecule has 2 rings (SSSR count). The molecule has 1 fully saturated rings. The van der Waals surface area contributed by atoms with Crippen molar-refractivity contribution in [1.29, 1.82) is 0 Å². The molecule has 2 heterocycles. The van der Waals surface area contributed by atoms with E-state index in [4.69, 9.17) is 10.6 Å². The summed E-state index contributed by atoms with van der Waals surface area (Å²) in [4.78, 5) is 8.92. The number of rotatable bonds is 4. The smallest absolute Gasteiger partial charge is 0.145 e. The van der Waals surface area contributed by atoms with E-state index in [-0.39, 0.29) is 11.5 Å². The number of hydrogen-bond acceptors (Lipinski definition) is 6. The van der Waals surface area contributed by atoms with E-state index < -0.39 is 0 Å². The van der Waals surface area contributed by atoms with Gasteiger partial charge in [0.1, 0.15) is 17.5 Å². The van der Waals surface area contributed by atoms with E-state index in [9.17, 15) is 0 Å². The summed E-state index contributed by atoms with van der Waals surface area (Å²) < 4.78 is 5.40. The molecule has 1 aromatic heterocycles. The second kappa shape index (κ2) is 5.71. The van der Waals surface area contributed by atoms with Gasteiger partial charge in [-0.05, 0) is 19.8 Å². The van der Waals surface area contributed by atoms with Gasteiger partial charge in [-0.3, -0.25) is 0 Å². The van der Waals surface area contributed by atoms with Gasteiger partial charge < -0.3 is 15.5 Å². The Morgan fingerprint density at radius 1 is 1.26 bits per heavy atom. The molecule has 0 radical (unpaired) electrons. The van der Waals surface area contributed by atoms with Crippen molar-refractivity contribution >= 4 is 11.6 Å². The van der Waals surface area contributed by atoms with Crippen LogP contribution in [0.2, 0.25) is 0 Å². The van der Waals surface area contributed by atoms with E-state index in [0.29, 0.717) is 5.82 Å². The highest BCUT2D eigenvalue weighted by Gasteiger charge is 2.27. The molecule has 19 heavy (non-hydrogen) atoms. The molecule has 0 aromatic carbocycles. The number of nitrogens with two attached hydrogens (primary N) is 1. The lowest BCUT2D eigenvalue weighted by Gasteiger charge is -2.35. The fraction of sp³-hybridized carbons (Fsp3) is 0.692. The third-order valence-electron chi connectivity index (χ3n) is 3.43. The fourth-order valence-electron chi connectivity index (χ4n) is 2.12. The van der Waals surface area contributed by atoms with Crippen molar-refractivity contribution in [1.82, 2.24) is 9.97 Å². The van der Waals surface area contributed by atoms with Crippen LogP contribution in [0.4, 0.5) is 11.6 Å². The minimum absolute atomic E-state index is 0.0206. The Balaban J connectivity index is 2.21. The maximum Gasteiger partial charge on any atom is 0.145 e. The predicted octanol–water partition coefficient (Wildman–Crippen LogP) is 1.87. The average Bonchev–Trinajstić information content (AvgIpc) is 2.38. The highest BCUT2D eigenvalue weighted by atomic mass is 16.5. The lowest BCUT2D eigenvalue weighted by molar-refractivity contribution is 0.0657.